The van der Waals surface area contributed by atoms with Crippen LogP contribution in [0, 0.1) is 0 Å². The van der Waals surface area contributed by atoms with Crippen LogP contribution >= 0.6 is 24.0 Å². The third-order valence-electron chi connectivity index (χ3n) is 3.84. The number of carbonyl (C=O) groups excluding carboxylic acids is 2. The normalized spacial score (nSPS) is 15.2. The number of anilines is 1. The van der Waals surface area contributed by atoms with Crippen LogP contribution < -0.4 is 9.64 Å². The van der Waals surface area contributed by atoms with Crippen LogP contribution in [0.15, 0.2) is 53.4 Å². The summed E-state index contributed by atoms with van der Waals surface area (Å²) in [5.41, 5.74) is 1.84. The lowest BCUT2D eigenvalue weighted by molar-refractivity contribution is -0.139. The molecule has 8 heteroatoms. The van der Waals surface area contributed by atoms with E-state index in [4.69, 9.17) is 22.1 Å². The van der Waals surface area contributed by atoms with Crippen LogP contribution in [0.1, 0.15) is 22.8 Å². The summed E-state index contributed by atoms with van der Waals surface area (Å²) < 4.78 is 5.55. The van der Waals surface area contributed by atoms with Crippen molar-refractivity contribution in [2.24, 2.45) is 0 Å². The van der Waals surface area contributed by atoms with Crippen LogP contribution in [0.5, 0.6) is 5.75 Å². The van der Waals surface area contributed by atoms with Crippen LogP contribution in [0.3, 0.4) is 0 Å². The van der Waals surface area contributed by atoms with Gasteiger partial charge < -0.3 is 9.84 Å². The second kappa shape index (κ2) is 8.37. The molecule has 2 aromatic rings. The molecule has 0 spiro atoms. The Morgan fingerprint density at radius 3 is 2.57 bits per heavy atom. The van der Waals surface area contributed by atoms with Crippen molar-refractivity contribution in [3.8, 4) is 5.75 Å². The largest absolute Gasteiger partial charge is 0.482 e. The van der Waals surface area contributed by atoms with Crippen molar-refractivity contribution in [3.05, 3.63) is 64.6 Å². The number of ketones is 1. The number of amides is 1. The molecule has 0 bridgehead atoms. The molecule has 0 aliphatic carbocycles. The quantitative estimate of drug-likeness (QED) is 0.438. The standard InChI is InChI=1S/C20H15NO5S2/c1-12(22)14-5-7-15(8-6-14)21-19(25)17(28-20(21)27)10-13-3-2-4-16(9-13)26-11-18(23)24/h2-10H,11H2,1H3,(H,23,24)/b17-10+. The first-order valence-electron chi connectivity index (χ1n) is 8.19. The van der Waals surface area contributed by atoms with E-state index in [2.05, 4.69) is 0 Å². The number of nitrogens with zero attached hydrogens (tertiary/aromatic N) is 1. The van der Waals surface area contributed by atoms with Crippen LogP contribution in [0.4, 0.5) is 5.69 Å². The summed E-state index contributed by atoms with van der Waals surface area (Å²) in [4.78, 5) is 36.7. The van der Waals surface area contributed by atoms with Gasteiger partial charge in [-0.1, -0.05) is 36.1 Å². The molecular formula is C20H15NO5S2. The highest BCUT2D eigenvalue weighted by molar-refractivity contribution is 8.27. The first-order valence-corrected chi connectivity index (χ1v) is 9.41. The highest BCUT2D eigenvalue weighted by Crippen LogP contribution is 2.36. The predicted octanol–water partition coefficient (Wildman–Crippen LogP) is 3.76. The number of hydrogen-bond donors (Lipinski definition) is 1. The van der Waals surface area contributed by atoms with Crippen LogP contribution in [0.25, 0.3) is 6.08 Å². The minimum Gasteiger partial charge on any atom is -0.482 e. The van der Waals surface area contributed by atoms with E-state index in [1.165, 1.54) is 23.6 Å². The van der Waals surface area contributed by atoms with Crippen molar-refractivity contribution in [2.45, 2.75) is 6.92 Å². The lowest BCUT2D eigenvalue weighted by Gasteiger charge is -2.14. The molecule has 3 rings (SSSR count). The van der Waals surface area contributed by atoms with Gasteiger partial charge in [0.05, 0.1) is 10.6 Å². The summed E-state index contributed by atoms with van der Waals surface area (Å²) in [5.74, 6) is -0.988. The number of hydrogen-bond acceptors (Lipinski definition) is 6. The average molecular weight is 413 g/mol. The maximum absolute atomic E-state index is 12.8. The molecule has 142 valence electrons. The first kappa shape index (κ1) is 19.8. The minimum atomic E-state index is -1.07. The average Bonchev–Trinajstić information content (AvgIpc) is 2.93. The highest BCUT2D eigenvalue weighted by Gasteiger charge is 2.33. The smallest absolute Gasteiger partial charge is 0.341 e. The molecule has 1 aliphatic heterocycles. The zero-order valence-corrected chi connectivity index (χ0v) is 16.4. The molecule has 2 aromatic carbocycles. The number of rotatable bonds is 6. The molecule has 0 unspecified atom stereocenters. The fraction of sp³-hybridized carbons (Fsp3) is 0.100. The van der Waals surface area contributed by atoms with Crippen molar-refractivity contribution in [1.82, 2.24) is 0 Å². The number of aliphatic carboxylic acids is 1. The van der Waals surface area contributed by atoms with Crippen molar-refractivity contribution < 1.29 is 24.2 Å². The molecule has 1 heterocycles. The Morgan fingerprint density at radius 1 is 1.21 bits per heavy atom. The summed E-state index contributed by atoms with van der Waals surface area (Å²) in [7, 11) is 0. The first-order chi connectivity index (χ1) is 13.3. The molecule has 0 aromatic heterocycles. The van der Waals surface area contributed by atoms with E-state index in [1.807, 2.05) is 0 Å². The van der Waals surface area contributed by atoms with Gasteiger partial charge in [0, 0.05) is 5.56 Å². The van der Waals surface area contributed by atoms with E-state index in [9.17, 15) is 14.4 Å². The molecule has 1 amide bonds. The molecule has 0 saturated carbocycles. The monoisotopic (exact) mass is 413 g/mol. The molecule has 28 heavy (non-hydrogen) atoms. The summed E-state index contributed by atoms with van der Waals surface area (Å²) in [6.07, 6.45) is 1.68. The summed E-state index contributed by atoms with van der Waals surface area (Å²) >= 11 is 6.52. The molecule has 1 N–H and O–H groups in total. The fourth-order valence-corrected chi connectivity index (χ4v) is 3.83. The van der Waals surface area contributed by atoms with Gasteiger partial charge in [0.1, 0.15) is 5.75 Å². The second-order valence-electron chi connectivity index (χ2n) is 5.88. The van der Waals surface area contributed by atoms with E-state index in [0.29, 0.717) is 31.8 Å². The van der Waals surface area contributed by atoms with Gasteiger partial charge in [-0.3, -0.25) is 14.5 Å². The zero-order chi connectivity index (χ0) is 20.3. The van der Waals surface area contributed by atoms with Gasteiger partial charge in [0.2, 0.25) is 0 Å². The number of ether oxygens (including phenoxy) is 1. The Labute approximate surface area is 170 Å². The molecule has 1 saturated heterocycles. The number of Topliss-reactive ketones (excluding diaryl/α,β-unsaturated/α-hetero) is 1. The third-order valence-corrected chi connectivity index (χ3v) is 5.15. The Morgan fingerprint density at radius 2 is 1.93 bits per heavy atom. The van der Waals surface area contributed by atoms with Crippen LogP contribution in [-0.2, 0) is 9.59 Å². The third kappa shape index (κ3) is 4.47. The number of thiocarbonyl (C=S) groups is 1. The van der Waals surface area contributed by atoms with E-state index in [0.717, 1.165) is 0 Å². The van der Waals surface area contributed by atoms with Gasteiger partial charge in [-0.15, -0.1) is 0 Å². The van der Waals surface area contributed by atoms with Crippen LogP contribution in [-0.4, -0.2) is 33.7 Å². The van der Waals surface area contributed by atoms with E-state index < -0.39 is 12.6 Å². The van der Waals surface area contributed by atoms with E-state index in [1.54, 1.807) is 54.6 Å². The highest BCUT2D eigenvalue weighted by atomic mass is 32.2. The minimum absolute atomic E-state index is 0.0539. The van der Waals surface area contributed by atoms with Crippen molar-refractivity contribution in [1.29, 1.82) is 0 Å². The van der Waals surface area contributed by atoms with Crippen molar-refractivity contribution in [3.63, 3.8) is 0 Å². The Bertz CT molecular complexity index is 998. The topological polar surface area (TPSA) is 83.9 Å². The number of carbonyl (C=O) groups is 3. The maximum Gasteiger partial charge on any atom is 0.341 e. The predicted molar refractivity (Wildman–Crippen MR) is 112 cm³/mol. The molecule has 1 aliphatic rings. The SMILES string of the molecule is CC(=O)c1ccc(N2C(=O)/C(=C\c3cccc(OCC(=O)O)c3)SC2=S)cc1. The van der Waals surface area contributed by atoms with Gasteiger partial charge in [0.25, 0.3) is 5.91 Å². The Kier molecular flexibility index (Phi) is 5.91. The molecule has 1 fully saturated rings. The fourth-order valence-electron chi connectivity index (χ4n) is 2.53. The number of thioether (sulfide) groups is 1. The summed E-state index contributed by atoms with van der Waals surface area (Å²) in [6, 6.07) is 13.5. The van der Waals surface area contributed by atoms with Crippen molar-refractivity contribution >= 4 is 57.7 Å². The Balaban J connectivity index is 1.82. The molecule has 0 radical (unpaired) electrons. The van der Waals surface area contributed by atoms with E-state index >= 15 is 0 Å². The molecular weight excluding hydrogens is 398 g/mol. The number of carboxylic acid groups (broad SMARTS) is 1. The number of benzene rings is 2. The summed E-state index contributed by atoms with van der Waals surface area (Å²) in [6.45, 7) is 1.04. The Hall–Kier alpha value is -2.97. The lowest BCUT2D eigenvalue weighted by Crippen LogP contribution is -2.27. The lowest BCUT2D eigenvalue weighted by atomic mass is 10.1. The number of carboxylic acids is 1. The zero-order valence-electron chi connectivity index (χ0n) is 14.7. The van der Waals surface area contributed by atoms with Crippen molar-refractivity contribution in [2.75, 3.05) is 11.5 Å². The van der Waals surface area contributed by atoms with Gasteiger partial charge in [-0.2, -0.15) is 0 Å². The maximum atomic E-state index is 12.8. The van der Waals surface area contributed by atoms with Gasteiger partial charge in [-0.05, 0) is 55.0 Å². The second-order valence-corrected chi connectivity index (χ2v) is 7.55. The molecule has 6 nitrogen and oxygen atoms in total. The van der Waals surface area contributed by atoms with Crippen LogP contribution in [0.2, 0.25) is 0 Å². The van der Waals surface area contributed by atoms with Gasteiger partial charge >= 0.3 is 5.97 Å². The molecule has 0 atom stereocenters. The van der Waals surface area contributed by atoms with Gasteiger partial charge in [-0.25, -0.2) is 4.79 Å². The van der Waals surface area contributed by atoms with E-state index in [-0.39, 0.29) is 11.7 Å². The summed E-state index contributed by atoms with van der Waals surface area (Å²) in [5, 5.41) is 8.70. The van der Waals surface area contributed by atoms with Gasteiger partial charge in [0.15, 0.2) is 16.7 Å².